The molecule has 1 aliphatic heterocycles. The van der Waals surface area contributed by atoms with Crippen LogP contribution in [-0.2, 0) is 0 Å². The first-order valence-electron chi connectivity index (χ1n) is 11.5. The number of hydrogen-bond acceptors (Lipinski definition) is 2. The number of hydrogen-bond donors (Lipinski definition) is 1. The van der Waals surface area contributed by atoms with E-state index in [0.717, 1.165) is 44.5 Å². The molecule has 0 bridgehead atoms. The fraction of sp³-hybridized carbons (Fsp3) is 0.321. The Morgan fingerprint density at radius 3 is 1.87 bits per heavy atom. The standard InChI is InChI=1S/C28H32N2O/c31-28(25-15-8-3-9-16-25)29-26-18-21-30(22-19-26)20-10-17-27(23-11-4-1-5-12-23)24-13-6-2-7-14-24/h1-9,11-16,26-27H,10,17-22H2,(H,29,31). The van der Waals surface area contributed by atoms with Gasteiger partial charge in [-0.2, -0.15) is 0 Å². The second kappa shape index (κ2) is 10.9. The predicted octanol–water partition coefficient (Wildman–Crippen LogP) is 5.49. The van der Waals surface area contributed by atoms with E-state index in [9.17, 15) is 4.79 Å². The van der Waals surface area contributed by atoms with Crippen molar-refractivity contribution in [3.63, 3.8) is 0 Å². The molecular formula is C28H32N2O. The van der Waals surface area contributed by atoms with Crippen LogP contribution in [0.2, 0.25) is 0 Å². The minimum Gasteiger partial charge on any atom is -0.349 e. The number of carbonyl (C=O) groups is 1. The van der Waals surface area contributed by atoms with E-state index < -0.39 is 0 Å². The minimum absolute atomic E-state index is 0.0487. The summed E-state index contributed by atoms with van der Waals surface area (Å²) in [5.74, 6) is 0.498. The molecule has 0 spiro atoms. The molecule has 160 valence electrons. The first-order valence-corrected chi connectivity index (χ1v) is 11.5. The van der Waals surface area contributed by atoms with Crippen molar-refractivity contribution in [1.82, 2.24) is 10.2 Å². The number of likely N-dealkylation sites (tertiary alicyclic amines) is 1. The molecule has 0 radical (unpaired) electrons. The molecule has 1 amide bonds. The van der Waals surface area contributed by atoms with Gasteiger partial charge in [-0.25, -0.2) is 0 Å². The van der Waals surface area contributed by atoms with Crippen molar-refractivity contribution in [3.05, 3.63) is 108 Å². The Morgan fingerprint density at radius 1 is 0.806 bits per heavy atom. The number of benzene rings is 3. The molecule has 3 nitrogen and oxygen atoms in total. The van der Waals surface area contributed by atoms with Gasteiger partial charge in [-0.1, -0.05) is 78.9 Å². The van der Waals surface area contributed by atoms with Crippen molar-refractivity contribution >= 4 is 5.91 Å². The van der Waals surface area contributed by atoms with Crippen molar-refractivity contribution in [2.45, 2.75) is 37.6 Å². The zero-order chi connectivity index (χ0) is 21.3. The molecular weight excluding hydrogens is 380 g/mol. The van der Waals surface area contributed by atoms with E-state index in [2.05, 4.69) is 70.9 Å². The minimum atomic E-state index is 0.0487. The third kappa shape index (κ3) is 6.05. The topological polar surface area (TPSA) is 32.3 Å². The van der Waals surface area contributed by atoms with Crippen molar-refractivity contribution < 1.29 is 4.79 Å². The van der Waals surface area contributed by atoms with Gasteiger partial charge in [0.2, 0.25) is 0 Å². The number of piperidine rings is 1. The summed E-state index contributed by atoms with van der Waals surface area (Å²) in [6.45, 7) is 3.23. The van der Waals surface area contributed by atoms with Gasteiger partial charge >= 0.3 is 0 Å². The molecule has 0 aliphatic carbocycles. The lowest BCUT2D eigenvalue weighted by atomic mass is 9.87. The van der Waals surface area contributed by atoms with Crippen LogP contribution in [0.5, 0.6) is 0 Å². The summed E-state index contributed by atoms with van der Waals surface area (Å²) in [5, 5.41) is 3.21. The molecule has 0 aromatic heterocycles. The molecule has 3 aromatic carbocycles. The largest absolute Gasteiger partial charge is 0.349 e. The molecule has 1 N–H and O–H groups in total. The highest BCUT2D eigenvalue weighted by molar-refractivity contribution is 5.94. The van der Waals surface area contributed by atoms with Crippen molar-refractivity contribution in [2.24, 2.45) is 0 Å². The van der Waals surface area contributed by atoms with Gasteiger partial charge in [-0.05, 0) is 55.5 Å². The highest BCUT2D eigenvalue weighted by atomic mass is 16.1. The Kier molecular flexibility index (Phi) is 7.51. The molecule has 1 fully saturated rings. The Morgan fingerprint density at radius 2 is 1.32 bits per heavy atom. The van der Waals surface area contributed by atoms with Gasteiger partial charge in [0.05, 0.1) is 0 Å². The molecule has 0 atom stereocenters. The van der Waals surface area contributed by atoms with Gasteiger partial charge in [-0.15, -0.1) is 0 Å². The van der Waals surface area contributed by atoms with E-state index in [1.165, 1.54) is 17.5 Å². The van der Waals surface area contributed by atoms with E-state index in [1.807, 2.05) is 30.3 Å². The van der Waals surface area contributed by atoms with E-state index >= 15 is 0 Å². The quantitative estimate of drug-likeness (QED) is 0.530. The molecule has 0 unspecified atom stereocenters. The van der Waals surface area contributed by atoms with Gasteiger partial charge in [0.25, 0.3) is 5.91 Å². The Labute approximate surface area is 186 Å². The van der Waals surface area contributed by atoms with Crippen molar-refractivity contribution in [1.29, 1.82) is 0 Å². The van der Waals surface area contributed by atoms with Crippen LogP contribution in [-0.4, -0.2) is 36.5 Å². The third-order valence-corrected chi connectivity index (χ3v) is 6.33. The Hall–Kier alpha value is -2.91. The summed E-state index contributed by atoms with van der Waals surface area (Å²) in [4.78, 5) is 14.9. The summed E-state index contributed by atoms with van der Waals surface area (Å²) in [7, 11) is 0. The zero-order valence-corrected chi connectivity index (χ0v) is 18.1. The molecule has 0 saturated carbocycles. The maximum atomic E-state index is 12.4. The SMILES string of the molecule is O=C(NC1CCN(CCCC(c2ccccc2)c2ccccc2)CC1)c1ccccc1. The first kappa shape index (κ1) is 21.3. The van der Waals surface area contributed by atoms with Crippen LogP contribution in [0, 0.1) is 0 Å². The highest BCUT2D eigenvalue weighted by Crippen LogP contribution is 2.29. The van der Waals surface area contributed by atoms with Gasteiger partial charge < -0.3 is 10.2 Å². The lowest BCUT2D eigenvalue weighted by molar-refractivity contribution is 0.0910. The number of nitrogens with zero attached hydrogens (tertiary/aromatic N) is 1. The predicted molar refractivity (Wildman–Crippen MR) is 127 cm³/mol. The monoisotopic (exact) mass is 412 g/mol. The van der Waals surface area contributed by atoms with Crippen LogP contribution in [0.1, 0.15) is 53.1 Å². The number of rotatable bonds is 8. The molecule has 4 rings (SSSR count). The third-order valence-electron chi connectivity index (χ3n) is 6.33. The van der Waals surface area contributed by atoms with Crippen molar-refractivity contribution in [2.75, 3.05) is 19.6 Å². The summed E-state index contributed by atoms with van der Waals surface area (Å²) >= 11 is 0. The maximum absolute atomic E-state index is 12.4. The van der Waals surface area contributed by atoms with E-state index in [4.69, 9.17) is 0 Å². The average Bonchev–Trinajstić information content (AvgIpc) is 2.84. The molecule has 31 heavy (non-hydrogen) atoms. The van der Waals surface area contributed by atoms with Crippen LogP contribution >= 0.6 is 0 Å². The Bertz CT molecular complexity index is 880. The van der Waals surface area contributed by atoms with Crippen molar-refractivity contribution in [3.8, 4) is 0 Å². The average molecular weight is 413 g/mol. The second-order valence-electron chi connectivity index (χ2n) is 8.47. The normalized spacial score (nSPS) is 15.1. The van der Waals surface area contributed by atoms with Crippen LogP contribution in [0.25, 0.3) is 0 Å². The fourth-order valence-corrected chi connectivity index (χ4v) is 4.57. The van der Waals surface area contributed by atoms with Crippen LogP contribution in [0.4, 0.5) is 0 Å². The summed E-state index contributed by atoms with van der Waals surface area (Å²) in [5.41, 5.74) is 3.55. The Balaban J connectivity index is 1.25. The number of nitrogens with one attached hydrogen (secondary N) is 1. The van der Waals surface area contributed by atoms with E-state index in [1.54, 1.807) is 0 Å². The lowest BCUT2D eigenvalue weighted by Crippen LogP contribution is -2.44. The second-order valence-corrected chi connectivity index (χ2v) is 8.47. The molecule has 3 aromatic rings. The first-order chi connectivity index (χ1) is 15.3. The summed E-state index contributed by atoms with van der Waals surface area (Å²) in [6.07, 6.45) is 4.38. The molecule has 3 heteroatoms. The smallest absolute Gasteiger partial charge is 0.251 e. The molecule has 1 aliphatic rings. The van der Waals surface area contributed by atoms with Gasteiger partial charge in [0.1, 0.15) is 0 Å². The van der Waals surface area contributed by atoms with E-state index in [-0.39, 0.29) is 11.9 Å². The number of amides is 1. The van der Waals surface area contributed by atoms with Gasteiger partial charge in [0.15, 0.2) is 0 Å². The van der Waals surface area contributed by atoms with E-state index in [0.29, 0.717) is 5.92 Å². The van der Waals surface area contributed by atoms with Crippen LogP contribution in [0.3, 0.4) is 0 Å². The summed E-state index contributed by atoms with van der Waals surface area (Å²) < 4.78 is 0. The van der Waals surface area contributed by atoms with Gasteiger partial charge in [-0.3, -0.25) is 4.79 Å². The van der Waals surface area contributed by atoms with Crippen LogP contribution in [0.15, 0.2) is 91.0 Å². The molecule has 1 saturated heterocycles. The number of carbonyl (C=O) groups excluding carboxylic acids is 1. The summed E-state index contributed by atoms with van der Waals surface area (Å²) in [6, 6.07) is 31.5. The fourth-order valence-electron chi connectivity index (χ4n) is 4.57. The lowest BCUT2D eigenvalue weighted by Gasteiger charge is -2.32. The van der Waals surface area contributed by atoms with Gasteiger partial charge in [0, 0.05) is 30.6 Å². The van der Waals surface area contributed by atoms with Crippen LogP contribution < -0.4 is 5.32 Å². The maximum Gasteiger partial charge on any atom is 0.251 e. The zero-order valence-electron chi connectivity index (χ0n) is 18.1. The highest BCUT2D eigenvalue weighted by Gasteiger charge is 2.21. The molecule has 1 heterocycles.